The largest absolute Gasteiger partial charge is 0.355 e. The SMILES string of the molecule is Cc1nc(S[C@H](C)C(=O)NCC(C)C)n[nH]1. The van der Waals surface area contributed by atoms with Crippen molar-refractivity contribution in [2.75, 3.05) is 6.54 Å². The number of hydrogen-bond acceptors (Lipinski definition) is 4. The highest BCUT2D eigenvalue weighted by Gasteiger charge is 2.16. The van der Waals surface area contributed by atoms with Crippen molar-refractivity contribution in [3.63, 3.8) is 0 Å². The van der Waals surface area contributed by atoms with Gasteiger partial charge in [-0.1, -0.05) is 25.6 Å². The molecule has 1 aromatic rings. The summed E-state index contributed by atoms with van der Waals surface area (Å²) in [6.07, 6.45) is 0. The first kappa shape index (κ1) is 13.0. The molecule has 0 fully saturated rings. The molecular weight excluding hydrogens is 224 g/mol. The lowest BCUT2D eigenvalue weighted by Gasteiger charge is -2.11. The van der Waals surface area contributed by atoms with Crippen LogP contribution in [0, 0.1) is 12.8 Å². The number of rotatable bonds is 5. The summed E-state index contributed by atoms with van der Waals surface area (Å²) in [4.78, 5) is 15.8. The Balaban J connectivity index is 2.39. The molecule has 0 radical (unpaired) electrons. The van der Waals surface area contributed by atoms with Gasteiger partial charge in [-0.05, 0) is 19.8 Å². The van der Waals surface area contributed by atoms with Crippen LogP contribution in [0.2, 0.25) is 0 Å². The van der Waals surface area contributed by atoms with E-state index in [1.807, 2.05) is 13.8 Å². The lowest BCUT2D eigenvalue weighted by Crippen LogP contribution is -2.33. The molecule has 0 spiro atoms. The number of aromatic amines is 1. The Morgan fingerprint density at radius 2 is 2.19 bits per heavy atom. The molecule has 0 aliphatic rings. The number of carbonyl (C=O) groups is 1. The van der Waals surface area contributed by atoms with Crippen LogP contribution in [0.3, 0.4) is 0 Å². The summed E-state index contributed by atoms with van der Waals surface area (Å²) in [5.41, 5.74) is 0. The molecule has 0 aromatic carbocycles. The quantitative estimate of drug-likeness (QED) is 0.765. The van der Waals surface area contributed by atoms with E-state index in [0.717, 1.165) is 5.82 Å². The Hall–Kier alpha value is -1.04. The fourth-order valence-electron chi connectivity index (χ4n) is 1.03. The maximum Gasteiger partial charge on any atom is 0.233 e. The number of amides is 1. The zero-order valence-corrected chi connectivity index (χ0v) is 10.9. The summed E-state index contributed by atoms with van der Waals surface area (Å²) < 4.78 is 0. The van der Waals surface area contributed by atoms with E-state index in [1.165, 1.54) is 11.8 Å². The van der Waals surface area contributed by atoms with Crippen molar-refractivity contribution in [2.24, 2.45) is 5.92 Å². The number of thioether (sulfide) groups is 1. The van der Waals surface area contributed by atoms with Crippen molar-refractivity contribution >= 4 is 17.7 Å². The molecule has 5 nitrogen and oxygen atoms in total. The lowest BCUT2D eigenvalue weighted by atomic mass is 10.2. The van der Waals surface area contributed by atoms with Crippen molar-refractivity contribution in [3.8, 4) is 0 Å². The van der Waals surface area contributed by atoms with Crippen molar-refractivity contribution in [1.82, 2.24) is 20.5 Å². The number of nitrogens with zero attached hydrogens (tertiary/aromatic N) is 2. The summed E-state index contributed by atoms with van der Waals surface area (Å²) in [5, 5.41) is 10.1. The Morgan fingerprint density at radius 1 is 1.50 bits per heavy atom. The minimum atomic E-state index is -0.172. The first-order valence-corrected chi connectivity index (χ1v) is 6.20. The topological polar surface area (TPSA) is 70.7 Å². The molecule has 1 heterocycles. The zero-order chi connectivity index (χ0) is 12.1. The molecule has 0 unspecified atom stereocenters. The van der Waals surface area contributed by atoms with E-state index >= 15 is 0 Å². The molecule has 90 valence electrons. The van der Waals surface area contributed by atoms with Gasteiger partial charge in [-0.25, -0.2) is 4.98 Å². The van der Waals surface area contributed by atoms with Crippen LogP contribution in [0.4, 0.5) is 0 Å². The van der Waals surface area contributed by atoms with Gasteiger partial charge in [0.05, 0.1) is 5.25 Å². The first-order valence-electron chi connectivity index (χ1n) is 5.32. The molecule has 0 aliphatic heterocycles. The highest BCUT2D eigenvalue weighted by atomic mass is 32.2. The van der Waals surface area contributed by atoms with Gasteiger partial charge in [-0.2, -0.15) is 0 Å². The minimum Gasteiger partial charge on any atom is -0.355 e. The van der Waals surface area contributed by atoms with Crippen molar-refractivity contribution < 1.29 is 4.79 Å². The molecule has 0 aliphatic carbocycles. The van der Waals surface area contributed by atoms with Crippen LogP contribution < -0.4 is 5.32 Å². The fourth-order valence-corrected chi connectivity index (χ4v) is 1.83. The Morgan fingerprint density at radius 3 is 2.69 bits per heavy atom. The smallest absolute Gasteiger partial charge is 0.233 e. The van der Waals surface area contributed by atoms with E-state index in [2.05, 4.69) is 34.3 Å². The summed E-state index contributed by atoms with van der Waals surface area (Å²) >= 11 is 1.36. The molecule has 1 aromatic heterocycles. The van der Waals surface area contributed by atoms with Crippen LogP contribution in [-0.4, -0.2) is 32.9 Å². The number of aromatic nitrogens is 3. The lowest BCUT2D eigenvalue weighted by molar-refractivity contribution is -0.120. The van der Waals surface area contributed by atoms with Gasteiger partial charge < -0.3 is 5.32 Å². The second-order valence-corrected chi connectivity index (χ2v) is 5.41. The van der Waals surface area contributed by atoms with Gasteiger partial charge in [0.25, 0.3) is 0 Å². The molecule has 6 heteroatoms. The fraction of sp³-hybridized carbons (Fsp3) is 0.700. The minimum absolute atomic E-state index is 0.0288. The number of nitrogens with one attached hydrogen (secondary N) is 2. The molecule has 1 atom stereocenters. The molecule has 16 heavy (non-hydrogen) atoms. The van der Waals surface area contributed by atoms with Gasteiger partial charge in [-0.3, -0.25) is 9.89 Å². The summed E-state index contributed by atoms with van der Waals surface area (Å²) in [5.74, 6) is 1.25. The molecule has 2 N–H and O–H groups in total. The van der Waals surface area contributed by atoms with Gasteiger partial charge in [0.15, 0.2) is 0 Å². The van der Waals surface area contributed by atoms with Crippen LogP contribution in [0.1, 0.15) is 26.6 Å². The Labute approximate surface area is 99.8 Å². The van der Waals surface area contributed by atoms with Gasteiger partial charge in [0.1, 0.15) is 5.82 Å². The van der Waals surface area contributed by atoms with Gasteiger partial charge in [-0.15, -0.1) is 5.10 Å². The van der Waals surface area contributed by atoms with Crippen LogP contribution in [0.5, 0.6) is 0 Å². The standard InChI is InChI=1S/C10H18N4OS/c1-6(2)5-11-9(15)7(3)16-10-12-8(4)13-14-10/h6-7H,5H2,1-4H3,(H,11,15)(H,12,13,14)/t7-/m1/s1. The average Bonchev–Trinajstić information content (AvgIpc) is 2.60. The summed E-state index contributed by atoms with van der Waals surface area (Å²) in [6.45, 7) is 8.52. The second kappa shape index (κ2) is 5.89. The monoisotopic (exact) mass is 242 g/mol. The molecule has 1 amide bonds. The third kappa shape index (κ3) is 4.22. The first-order chi connectivity index (χ1) is 7.49. The van der Waals surface area contributed by atoms with Crippen molar-refractivity contribution in [2.45, 2.75) is 38.1 Å². The summed E-state index contributed by atoms with van der Waals surface area (Å²) in [7, 11) is 0. The van der Waals surface area contributed by atoms with E-state index < -0.39 is 0 Å². The van der Waals surface area contributed by atoms with Gasteiger partial charge in [0, 0.05) is 6.54 Å². The average molecular weight is 242 g/mol. The van der Waals surface area contributed by atoms with E-state index in [0.29, 0.717) is 17.6 Å². The van der Waals surface area contributed by atoms with Gasteiger partial charge in [0.2, 0.25) is 11.1 Å². The second-order valence-electron chi connectivity index (χ2n) is 4.10. The van der Waals surface area contributed by atoms with E-state index in [1.54, 1.807) is 0 Å². The molecule has 0 bridgehead atoms. The number of aryl methyl sites for hydroxylation is 1. The highest BCUT2D eigenvalue weighted by molar-refractivity contribution is 8.00. The van der Waals surface area contributed by atoms with Crippen molar-refractivity contribution in [1.29, 1.82) is 0 Å². The van der Waals surface area contributed by atoms with Crippen molar-refractivity contribution in [3.05, 3.63) is 5.82 Å². The van der Waals surface area contributed by atoms with E-state index in [9.17, 15) is 4.79 Å². The molecule has 1 rings (SSSR count). The Bertz CT molecular complexity index is 350. The number of hydrogen-bond donors (Lipinski definition) is 2. The molecule has 0 saturated carbocycles. The summed E-state index contributed by atoms with van der Waals surface area (Å²) in [6, 6.07) is 0. The van der Waals surface area contributed by atoms with Crippen LogP contribution in [0.15, 0.2) is 5.16 Å². The predicted octanol–water partition coefficient (Wildman–Crippen LogP) is 1.37. The van der Waals surface area contributed by atoms with E-state index in [-0.39, 0.29) is 11.2 Å². The maximum atomic E-state index is 11.7. The third-order valence-corrected chi connectivity index (χ3v) is 2.87. The van der Waals surface area contributed by atoms with Crippen LogP contribution >= 0.6 is 11.8 Å². The zero-order valence-electron chi connectivity index (χ0n) is 10.1. The maximum absolute atomic E-state index is 11.7. The predicted molar refractivity (Wildman–Crippen MR) is 64.3 cm³/mol. The van der Waals surface area contributed by atoms with Crippen LogP contribution in [-0.2, 0) is 4.79 Å². The van der Waals surface area contributed by atoms with Crippen LogP contribution in [0.25, 0.3) is 0 Å². The third-order valence-electron chi connectivity index (χ3n) is 1.91. The number of H-pyrrole nitrogens is 1. The highest BCUT2D eigenvalue weighted by Crippen LogP contribution is 2.18. The number of carbonyl (C=O) groups excluding carboxylic acids is 1. The molecule has 0 saturated heterocycles. The Kier molecular flexibility index (Phi) is 4.79. The normalized spacial score (nSPS) is 12.8. The molecular formula is C10H18N4OS. The van der Waals surface area contributed by atoms with E-state index in [4.69, 9.17) is 0 Å². The van der Waals surface area contributed by atoms with Gasteiger partial charge >= 0.3 is 0 Å².